The smallest absolute Gasteiger partial charge is 0.220 e. The topological polar surface area (TPSA) is 79.0 Å². The summed E-state index contributed by atoms with van der Waals surface area (Å²) < 4.78 is 64.4. The molecule has 2 fully saturated rings. The first-order chi connectivity index (χ1) is 15.7. The summed E-state index contributed by atoms with van der Waals surface area (Å²) in [5.74, 6) is -1.56. The van der Waals surface area contributed by atoms with Crippen LogP contribution in [-0.2, 0) is 14.6 Å². The van der Waals surface area contributed by atoms with Crippen LogP contribution in [-0.4, -0.2) is 37.4 Å². The van der Waals surface area contributed by atoms with Crippen LogP contribution >= 0.6 is 0 Å². The lowest BCUT2D eigenvalue weighted by Gasteiger charge is -2.36. The Morgan fingerprint density at radius 2 is 1.70 bits per heavy atom. The molecule has 0 radical (unpaired) electrons. The molecule has 0 spiro atoms. The zero-order valence-corrected chi connectivity index (χ0v) is 18.5. The maximum Gasteiger partial charge on any atom is 0.220 e. The fourth-order valence-electron chi connectivity index (χ4n) is 5.03. The van der Waals surface area contributed by atoms with Crippen molar-refractivity contribution in [1.82, 2.24) is 10.3 Å². The Hall–Kier alpha value is -2.81. The second kappa shape index (κ2) is 8.20. The third-order valence-corrected chi connectivity index (χ3v) is 8.64. The fraction of sp³-hybridized carbons (Fsp3) is 0.375. The lowest BCUT2D eigenvalue weighted by molar-refractivity contribution is -0.122. The van der Waals surface area contributed by atoms with Gasteiger partial charge in [0.05, 0.1) is 22.7 Å². The van der Waals surface area contributed by atoms with Gasteiger partial charge in [-0.15, -0.1) is 0 Å². The summed E-state index contributed by atoms with van der Waals surface area (Å²) in [6.45, 7) is 0.478. The van der Waals surface area contributed by atoms with Crippen LogP contribution in [0.2, 0.25) is 0 Å². The van der Waals surface area contributed by atoms with Gasteiger partial charge in [-0.05, 0) is 72.1 Å². The summed E-state index contributed by atoms with van der Waals surface area (Å²) in [4.78, 5) is 15.2. The number of carbonyl (C=O) groups excluding carboxylic acids is 1. The summed E-state index contributed by atoms with van der Waals surface area (Å²) in [5.41, 5.74) is 2.36. The minimum Gasteiger partial charge on any atom is -0.356 e. The SMILES string of the molecule is O=C(CC1CS(=O)(=O)C1)NC[C@H]1C[C@H](c2c(-c3ccc(F)cc3)[nH]c3c(F)cc(F)cc32)C1. The number of hydrogen-bond donors (Lipinski definition) is 2. The molecule has 0 unspecified atom stereocenters. The van der Waals surface area contributed by atoms with Gasteiger partial charge >= 0.3 is 0 Å². The van der Waals surface area contributed by atoms with Crippen LogP contribution in [0.4, 0.5) is 13.2 Å². The first-order valence-corrected chi connectivity index (χ1v) is 12.7. The number of sulfone groups is 1. The molecule has 1 aliphatic carbocycles. The van der Waals surface area contributed by atoms with E-state index in [1.807, 2.05) is 0 Å². The van der Waals surface area contributed by atoms with E-state index in [9.17, 15) is 26.4 Å². The van der Waals surface area contributed by atoms with E-state index in [1.165, 1.54) is 18.2 Å². The number of halogens is 3. The number of aromatic amines is 1. The predicted octanol–water partition coefficient (Wildman–Crippen LogP) is 4.30. The number of nitrogens with one attached hydrogen (secondary N) is 2. The normalized spacial score (nSPS) is 22.0. The molecular formula is C24H23F3N2O3S. The van der Waals surface area contributed by atoms with Crippen LogP contribution in [0.5, 0.6) is 0 Å². The molecule has 3 aromatic rings. The van der Waals surface area contributed by atoms with Crippen molar-refractivity contribution < 1.29 is 26.4 Å². The van der Waals surface area contributed by atoms with Crippen molar-refractivity contribution >= 4 is 26.6 Å². The van der Waals surface area contributed by atoms with Crippen molar-refractivity contribution in [3.63, 3.8) is 0 Å². The third kappa shape index (κ3) is 4.38. The largest absolute Gasteiger partial charge is 0.356 e. The van der Waals surface area contributed by atoms with Crippen molar-refractivity contribution in [2.75, 3.05) is 18.1 Å². The fourth-order valence-corrected chi connectivity index (χ4v) is 6.60. The highest BCUT2D eigenvalue weighted by Gasteiger charge is 2.36. The van der Waals surface area contributed by atoms with Gasteiger partial charge in [0, 0.05) is 24.4 Å². The average molecular weight is 477 g/mol. The van der Waals surface area contributed by atoms with E-state index in [2.05, 4.69) is 10.3 Å². The summed E-state index contributed by atoms with van der Waals surface area (Å²) >= 11 is 0. The van der Waals surface area contributed by atoms with Crippen molar-refractivity contribution in [3.8, 4) is 11.3 Å². The Labute approximate surface area is 189 Å². The van der Waals surface area contributed by atoms with Crippen LogP contribution in [0.1, 0.15) is 30.7 Å². The molecule has 1 aliphatic heterocycles. The number of aromatic nitrogens is 1. The summed E-state index contributed by atoms with van der Waals surface area (Å²) in [7, 11) is -2.94. The number of carbonyl (C=O) groups is 1. The van der Waals surface area contributed by atoms with Crippen molar-refractivity contribution in [3.05, 3.63) is 59.4 Å². The van der Waals surface area contributed by atoms with E-state index in [0.717, 1.165) is 24.5 Å². The molecule has 0 atom stereocenters. The quantitative estimate of drug-likeness (QED) is 0.557. The monoisotopic (exact) mass is 476 g/mol. The van der Waals surface area contributed by atoms with Gasteiger partial charge in [-0.1, -0.05) is 0 Å². The number of benzene rings is 2. The highest BCUT2D eigenvalue weighted by atomic mass is 32.2. The van der Waals surface area contributed by atoms with Crippen LogP contribution in [0.3, 0.4) is 0 Å². The van der Waals surface area contributed by atoms with E-state index in [-0.39, 0.29) is 52.9 Å². The van der Waals surface area contributed by atoms with Gasteiger partial charge in [-0.2, -0.15) is 0 Å². The molecule has 174 valence electrons. The molecular weight excluding hydrogens is 453 g/mol. The van der Waals surface area contributed by atoms with Gasteiger partial charge in [0.25, 0.3) is 0 Å². The maximum atomic E-state index is 14.5. The molecule has 2 aromatic carbocycles. The van der Waals surface area contributed by atoms with Gasteiger partial charge in [-0.25, -0.2) is 21.6 Å². The molecule has 5 nitrogen and oxygen atoms in total. The standard InChI is InChI=1S/C24H23F3N2O3S/c25-17-3-1-15(2-4-17)23-22(19-8-18(26)9-20(27)24(19)29-23)16-5-13(6-16)10-28-21(30)7-14-11-33(31,32)12-14/h1-4,8-9,13-14,16,29H,5-7,10-12H2,(H,28,30)/t13-,16-. The maximum absolute atomic E-state index is 14.5. The molecule has 0 bridgehead atoms. The second-order valence-electron chi connectivity index (χ2n) is 9.22. The van der Waals surface area contributed by atoms with E-state index in [0.29, 0.717) is 23.2 Å². The molecule has 1 saturated carbocycles. The van der Waals surface area contributed by atoms with Gasteiger partial charge in [0.15, 0.2) is 9.84 Å². The second-order valence-corrected chi connectivity index (χ2v) is 11.4. The molecule has 1 amide bonds. The number of fused-ring (bicyclic) bond motifs is 1. The van der Waals surface area contributed by atoms with Crippen molar-refractivity contribution in [2.45, 2.75) is 25.2 Å². The first-order valence-electron chi connectivity index (χ1n) is 10.9. The Balaban J connectivity index is 1.30. The lowest BCUT2D eigenvalue weighted by atomic mass is 9.70. The van der Waals surface area contributed by atoms with Crippen LogP contribution in [0, 0.1) is 29.3 Å². The molecule has 33 heavy (non-hydrogen) atoms. The van der Waals surface area contributed by atoms with Gasteiger partial charge < -0.3 is 10.3 Å². The zero-order chi connectivity index (χ0) is 23.3. The van der Waals surface area contributed by atoms with Crippen LogP contribution in [0.15, 0.2) is 36.4 Å². The zero-order valence-electron chi connectivity index (χ0n) is 17.7. The molecule has 2 aliphatic rings. The Morgan fingerprint density at radius 3 is 2.36 bits per heavy atom. The number of rotatable bonds is 6. The molecule has 1 aromatic heterocycles. The highest BCUT2D eigenvalue weighted by molar-refractivity contribution is 7.92. The highest BCUT2D eigenvalue weighted by Crippen LogP contribution is 2.48. The minimum atomic E-state index is -2.94. The van der Waals surface area contributed by atoms with Crippen LogP contribution in [0.25, 0.3) is 22.2 Å². The lowest BCUT2D eigenvalue weighted by Crippen LogP contribution is -2.41. The van der Waals surface area contributed by atoms with E-state index < -0.39 is 21.5 Å². The summed E-state index contributed by atoms with van der Waals surface area (Å²) in [6.07, 6.45) is 1.68. The van der Waals surface area contributed by atoms with E-state index in [1.54, 1.807) is 12.1 Å². The number of hydrogen-bond acceptors (Lipinski definition) is 3. The van der Waals surface area contributed by atoms with Crippen molar-refractivity contribution in [2.24, 2.45) is 11.8 Å². The number of H-pyrrole nitrogens is 1. The third-order valence-electron chi connectivity index (χ3n) is 6.68. The Bertz CT molecular complexity index is 1320. The Kier molecular flexibility index (Phi) is 5.47. The van der Waals surface area contributed by atoms with Gasteiger partial charge in [0.1, 0.15) is 17.5 Å². The van der Waals surface area contributed by atoms with E-state index >= 15 is 0 Å². The summed E-state index contributed by atoms with van der Waals surface area (Å²) in [6, 6.07) is 8.02. The predicted molar refractivity (Wildman–Crippen MR) is 119 cm³/mol. The average Bonchev–Trinajstić information content (AvgIpc) is 3.05. The van der Waals surface area contributed by atoms with Crippen LogP contribution < -0.4 is 5.32 Å². The summed E-state index contributed by atoms with van der Waals surface area (Å²) in [5, 5.41) is 3.36. The first kappa shape index (κ1) is 22.0. The minimum absolute atomic E-state index is 0.0404. The molecule has 5 rings (SSSR count). The van der Waals surface area contributed by atoms with Gasteiger partial charge in [-0.3, -0.25) is 4.79 Å². The Morgan fingerprint density at radius 1 is 1.00 bits per heavy atom. The molecule has 9 heteroatoms. The number of amides is 1. The molecule has 1 saturated heterocycles. The molecule has 2 N–H and O–H groups in total. The molecule has 2 heterocycles. The van der Waals surface area contributed by atoms with Crippen molar-refractivity contribution in [1.29, 1.82) is 0 Å². The van der Waals surface area contributed by atoms with E-state index in [4.69, 9.17) is 0 Å². The van der Waals surface area contributed by atoms with Gasteiger partial charge in [0.2, 0.25) is 5.91 Å².